The van der Waals surface area contributed by atoms with Crippen LogP contribution in [0, 0.1) is 25.8 Å². The summed E-state index contributed by atoms with van der Waals surface area (Å²) in [5, 5.41) is 2.42. The summed E-state index contributed by atoms with van der Waals surface area (Å²) in [5.74, 6) is 0. The van der Waals surface area contributed by atoms with Crippen molar-refractivity contribution in [2.75, 3.05) is 0 Å². The third-order valence-corrected chi connectivity index (χ3v) is 5.94. The monoisotopic (exact) mass is 676 g/mol. The average molecular weight is 676 g/mol. The van der Waals surface area contributed by atoms with Crippen LogP contribution in [0.4, 0.5) is 0 Å². The summed E-state index contributed by atoms with van der Waals surface area (Å²) in [6.45, 7) is -4.51. The molecule has 4 heterocycles. The molecule has 0 aliphatic rings. The van der Waals surface area contributed by atoms with Crippen LogP contribution in [0.1, 0.15) is 19.5 Å². The maximum Gasteiger partial charge on any atom is 0.130 e. The maximum atomic E-state index is 7.58. The van der Waals surface area contributed by atoms with Gasteiger partial charge in [-0.3, -0.25) is 4.98 Å². The predicted molar refractivity (Wildman–Crippen MR) is 149 cm³/mol. The van der Waals surface area contributed by atoms with Gasteiger partial charge in [-0.25, -0.2) is 0 Å². The molecule has 38 heavy (non-hydrogen) atoms. The fourth-order valence-corrected chi connectivity index (χ4v) is 4.21. The van der Waals surface area contributed by atoms with Gasteiger partial charge in [-0.1, -0.05) is 35.2 Å². The van der Waals surface area contributed by atoms with E-state index in [1.54, 1.807) is 30.5 Å². The SMILES string of the molecule is [2H]C([2H])([2H])c1ccc(-c2[c-]ccc3c2oc2c4ccc(C([2H])([2H])[2H])nc4ccc32)nc1.[Ir].[c-]1ccccc1-c1ccccn1. The third-order valence-electron chi connectivity index (χ3n) is 5.94. The molecule has 0 unspecified atom stereocenters. The summed E-state index contributed by atoms with van der Waals surface area (Å²) in [6, 6.07) is 33.6. The van der Waals surface area contributed by atoms with Gasteiger partial charge >= 0.3 is 0 Å². The smallest absolute Gasteiger partial charge is 0.130 e. The molecular weight excluding hydrogens is 647 g/mol. The molecule has 0 bridgehead atoms. The minimum atomic E-state index is -2.29. The first-order valence-corrected chi connectivity index (χ1v) is 11.6. The number of fused-ring (bicyclic) bond motifs is 5. The standard InChI is InChI=1S/C22H15N2O.C11H8N.Ir/c1-13-6-10-19(23-12-13)17-5-3-4-15-16-9-11-20-18(8-7-14(2)24-20)22(16)25-21(15)17;1-2-6-10(7-3-1)11-8-4-5-9-12-11;/h3-4,6-12H,1-2H3;1-6,8-9H;/q2*-1;/i1D3,2D3;;. The molecule has 0 saturated carbocycles. The number of nitrogens with zero attached hydrogens (tertiary/aromatic N) is 3. The van der Waals surface area contributed by atoms with Crippen molar-refractivity contribution in [3.63, 3.8) is 0 Å². The quantitative estimate of drug-likeness (QED) is 0.174. The number of rotatable bonds is 2. The molecule has 0 amide bonds. The van der Waals surface area contributed by atoms with Crippen LogP contribution in [0.25, 0.3) is 55.4 Å². The number of hydrogen-bond donors (Lipinski definition) is 0. The first-order chi connectivity index (χ1) is 20.6. The van der Waals surface area contributed by atoms with Gasteiger partial charge in [-0.2, -0.15) is 0 Å². The molecule has 1 radical (unpaired) electrons. The Bertz CT molecular complexity index is 2010. The first kappa shape index (κ1) is 19.0. The van der Waals surface area contributed by atoms with Crippen LogP contribution < -0.4 is 0 Å². The van der Waals surface area contributed by atoms with E-state index in [1.165, 1.54) is 18.3 Å². The zero-order chi connectivity index (χ0) is 30.2. The minimum absolute atomic E-state index is 0. The van der Waals surface area contributed by atoms with Crippen molar-refractivity contribution < 1.29 is 32.7 Å². The fourth-order valence-electron chi connectivity index (χ4n) is 4.21. The van der Waals surface area contributed by atoms with Crippen LogP contribution in [0.3, 0.4) is 0 Å². The van der Waals surface area contributed by atoms with Gasteiger partial charge in [0.15, 0.2) is 0 Å². The van der Waals surface area contributed by atoms with Crippen LogP contribution in [0.5, 0.6) is 0 Å². The Labute approximate surface area is 243 Å². The summed E-state index contributed by atoms with van der Waals surface area (Å²) in [5.41, 5.74) is 5.06. The van der Waals surface area contributed by atoms with E-state index in [0.29, 0.717) is 33.3 Å². The van der Waals surface area contributed by atoms with Crippen molar-refractivity contribution in [1.82, 2.24) is 15.0 Å². The Morgan fingerprint density at radius 3 is 2.37 bits per heavy atom. The number of hydrogen-bond acceptors (Lipinski definition) is 4. The van der Waals surface area contributed by atoms with Gasteiger partial charge in [0, 0.05) is 57.2 Å². The molecule has 4 aromatic heterocycles. The molecular formula is C33H23IrN3O-2. The average Bonchev–Trinajstić information content (AvgIpc) is 3.41. The van der Waals surface area contributed by atoms with Crippen molar-refractivity contribution in [1.29, 1.82) is 0 Å². The molecule has 0 N–H and O–H groups in total. The maximum absolute atomic E-state index is 7.58. The van der Waals surface area contributed by atoms with Gasteiger partial charge in [-0.15, -0.1) is 54.1 Å². The van der Waals surface area contributed by atoms with E-state index in [4.69, 9.17) is 12.6 Å². The van der Waals surface area contributed by atoms with Gasteiger partial charge in [0.05, 0.1) is 11.1 Å². The number of pyridine rings is 3. The summed E-state index contributed by atoms with van der Waals surface area (Å²) < 4.78 is 51.5. The van der Waals surface area contributed by atoms with Crippen LogP contribution in [0.2, 0.25) is 0 Å². The fraction of sp³-hybridized carbons (Fsp3) is 0.0606. The zero-order valence-electron chi connectivity index (χ0n) is 25.9. The number of furan rings is 1. The Kier molecular flexibility index (Phi) is 5.52. The number of aryl methyl sites for hydroxylation is 2. The molecule has 5 heteroatoms. The Hall–Kier alpha value is -4.18. The van der Waals surface area contributed by atoms with Crippen molar-refractivity contribution in [3.05, 3.63) is 127 Å². The molecule has 0 spiro atoms. The molecule has 0 aliphatic carbocycles. The van der Waals surface area contributed by atoms with Crippen LogP contribution >= 0.6 is 0 Å². The second-order valence-electron chi connectivity index (χ2n) is 8.33. The number of aromatic nitrogens is 3. The molecule has 0 aliphatic heterocycles. The van der Waals surface area contributed by atoms with Crippen LogP contribution in [-0.2, 0) is 20.1 Å². The van der Waals surface area contributed by atoms with E-state index in [2.05, 4.69) is 27.1 Å². The Morgan fingerprint density at radius 2 is 1.61 bits per heavy atom. The van der Waals surface area contributed by atoms with Crippen molar-refractivity contribution >= 4 is 32.8 Å². The van der Waals surface area contributed by atoms with Gasteiger partial charge in [0.2, 0.25) is 0 Å². The van der Waals surface area contributed by atoms with Crippen molar-refractivity contribution in [2.24, 2.45) is 0 Å². The second kappa shape index (κ2) is 11.1. The predicted octanol–water partition coefficient (Wildman–Crippen LogP) is 8.16. The third kappa shape index (κ3) is 4.99. The first-order valence-electron chi connectivity index (χ1n) is 14.6. The van der Waals surface area contributed by atoms with Crippen molar-refractivity contribution in [2.45, 2.75) is 13.7 Å². The molecule has 0 saturated heterocycles. The second-order valence-corrected chi connectivity index (χ2v) is 8.33. The topological polar surface area (TPSA) is 51.8 Å². The van der Waals surface area contributed by atoms with Gasteiger partial charge in [-0.05, 0) is 61.0 Å². The van der Waals surface area contributed by atoms with E-state index < -0.39 is 13.7 Å². The minimum Gasteiger partial charge on any atom is -0.500 e. The van der Waals surface area contributed by atoms with Crippen LogP contribution in [0.15, 0.2) is 108 Å². The number of benzene rings is 3. The van der Waals surface area contributed by atoms with E-state index in [9.17, 15) is 0 Å². The Balaban J connectivity index is 0.000000248. The molecule has 3 aromatic carbocycles. The molecule has 7 rings (SSSR count). The molecule has 0 atom stereocenters. The zero-order valence-corrected chi connectivity index (χ0v) is 22.3. The molecule has 4 nitrogen and oxygen atoms in total. The van der Waals surface area contributed by atoms with E-state index in [0.717, 1.165) is 22.0 Å². The van der Waals surface area contributed by atoms with E-state index in [-0.39, 0.29) is 31.4 Å². The van der Waals surface area contributed by atoms with Gasteiger partial charge in [0.25, 0.3) is 0 Å². The van der Waals surface area contributed by atoms with E-state index >= 15 is 0 Å². The van der Waals surface area contributed by atoms with Gasteiger partial charge < -0.3 is 14.4 Å². The molecule has 187 valence electrons. The summed E-state index contributed by atoms with van der Waals surface area (Å²) in [7, 11) is 0. The summed E-state index contributed by atoms with van der Waals surface area (Å²) >= 11 is 0. The molecule has 7 aromatic rings. The van der Waals surface area contributed by atoms with Crippen molar-refractivity contribution in [3.8, 4) is 22.5 Å². The van der Waals surface area contributed by atoms with Gasteiger partial charge in [0.1, 0.15) is 5.58 Å². The largest absolute Gasteiger partial charge is 0.500 e. The normalized spacial score (nSPS) is 13.7. The van der Waals surface area contributed by atoms with E-state index in [1.807, 2.05) is 54.6 Å². The van der Waals surface area contributed by atoms with Crippen LogP contribution in [-0.4, -0.2) is 15.0 Å². The summed E-state index contributed by atoms with van der Waals surface area (Å²) in [4.78, 5) is 12.8. The molecule has 0 fully saturated rings. The summed E-state index contributed by atoms with van der Waals surface area (Å²) in [6.07, 6.45) is 3.13. The Morgan fingerprint density at radius 1 is 0.711 bits per heavy atom.